The average molecular weight is 295 g/mol. The van der Waals surface area contributed by atoms with Gasteiger partial charge in [0.1, 0.15) is 6.04 Å². The molecule has 1 aromatic carbocycles. The molecule has 1 aliphatic rings. The first-order valence-corrected chi connectivity index (χ1v) is 6.58. The van der Waals surface area contributed by atoms with Crippen LogP contribution in [0, 0.1) is 17.2 Å². The van der Waals surface area contributed by atoms with Crippen LogP contribution in [0.25, 0.3) is 0 Å². The highest BCUT2D eigenvalue weighted by Gasteiger charge is 2.23. The number of anilines is 1. The fourth-order valence-corrected chi connectivity index (χ4v) is 2.27. The number of benzene rings is 1. The first-order valence-electron chi connectivity index (χ1n) is 5.79. The van der Waals surface area contributed by atoms with Gasteiger partial charge in [0.25, 0.3) is 0 Å². The number of ether oxygens (including phenoxy) is 1. The third kappa shape index (κ3) is 3.45. The molecule has 17 heavy (non-hydrogen) atoms. The first-order chi connectivity index (χ1) is 8.29. The molecule has 0 saturated carbocycles. The van der Waals surface area contributed by atoms with Crippen LogP contribution in [0.5, 0.6) is 0 Å². The van der Waals surface area contributed by atoms with E-state index in [0.717, 1.165) is 29.6 Å². The summed E-state index contributed by atoms with van der Waals surface area (Å²) in [6.07, 6.45) is 2.10. The number of nitrogens with one attached hydrogen (secondary N) is 1. The van der Waals surface area contributed by atoms with E-state index in [1.165, 1.54) is 0 Å². The number of nitrogens with zero attached hydrogens (tertiary/aromatic N) is 1. The van der Waals surface area contributed by atoms with Gasteiger partial charge >= 0.3 is 0 Å². The lowest BCUT2D eigenvalue weighted by atomic mass is 9.94. The lowest BCUT2D eigenvalue weighted by Crippen LogP contribution is -2.33. The van der Waals surface area contributed by atoms with Crippen LogP contribution in [0.15, 0.2) is 28.7 Å². The minimum Gasteiger partial charge on any atom is -0.381 e. The van der Waals surface area contributed by atoms with Crippen molar-refractivity contribution in [3.63, 3.8) is 0 Å². The normalized spacial score (nSPS) is 21.5. The molecule has 2 atom stereocenters. The monoisotopic (exact) mass is 294 g/mol. The zero-order valence-corrected chi connectivity index (χ0v) is 11.1. The number of nitriles is 1. The van der Waals surface area contributed by atoms with Gasteiger partial charge in [-0.3, -0.25) is 0 Å². The summed E-state index contributed by atoms with van der Waals surface area (Å²) < 4.78 is 6.46. The van der Waals surface area contributed by atoms with Crippen molar-refractivity contribution >= 4 is 21.6 Å². The Kier molecular flexibility index (Phi) is 4.41. The molecule has 2 unspecified atom stereocenters. The minimum absolute atomic E-state index is 0.170. The molecular formula is C13H15BrN2O. The molecular weight excluding hydrogens is 280 g/mol. The zero-order valence-electron chi connectivity index (χ0n) is 9.53. The molecule has 0 spiro atoms. The van der Waals surface area contributed by atoms with Crippen molar-refractivity contribution in [2.75, 3.05) is 18.5 Å². The molecule has 0 bridgehead atoms. The Bertz CT molecular complexity index is 393. The van der Waals surface area contributed by atoms with Gasteiger partial charge in [-0.1, -0.05) is 15.9 Å². The van der Waals surface area contributed by atoms with Crippen LogP contribution < -0.4 is 5.32 Å². The summed E-state index contributed by atoms with van der Waals surface area (Å²) in [5, 5.41) is 12.5. The summed E-state index contributed by atoms with van der Waals surface area (Å²) in [5.41, 5.74) is 0.977. The third-order valence-electron chi connectivity index (χ3n) is 2.97. The number of hydrogen-bond donors (Lipinski definition) is 1. The van der Waals surface area contributed by atoms with Crippen LogP contribution in [-0.2, 0) is 4.74 Å². The van der Waals surface area contributed by atoms with Crippen LogP contribution >= 0.6 is 15.9 Å². The Morgan fingerprint density at radius 3 is 2.76 bits per heavy atom. The lowest BCUT2D eigenvalue weighted by Gasteiger charge is -2.27. The fraction of sp³-hybridized carbons (Fsp3) is 0.462. The van der Waals surface area contributed by atoms with Gasteiger partial charge in [-0.2, -0.15) is 5.26 Å². The van der Waals surface area contributed by atoms with Crippen molar-refractivity contribution in [3.8, 4) is 6.07 Å². The molecule has 4 heteroatoms. The van der Waals surface area contributed by atoms with Gasteiger partial charge in [-0.15, -0.1) is 0 Å². The van der Waals surface area contributed by atoms with Gasteiger partial charge < -0.3 is 10.1 Å². The van der Waals surface area contributed by atoms with Crippen LogP contribution in [0.2, 0.25) is 0 Å². The van der Waals surface area contributed by atoms with E-state index in [1.54, 1.807) is 0 Å². The second kappa shape index (κ2) is 6.04. The van der Waals surface area contributed by atoms with E-state index in [-0.39, 0.29) is 12.0 Å². The van der Waals surface area contributed by atoms with Crippen molar-refractivity contribution < 1.29 is 4.74 Å². The zero-order chi connectivity index (χ0) is 12.1. The molecule has 0 aliphatic carbocycles. The number of halogens is 1. The standard InChI is InChI=1S/C13H15BrN2O/c14-11-3-5-12(6-4-11)16-13(8-15)10-2-1-7-17-9-10/h3-6,10,13,16H,1-2,7,9H2. The molecule has 1 N–H and O–H groups in total. The molecule has 3 nitrogen and oxygen atoms in total. The van der Waals surface area contributed by atoms with Gasteiger partial charge in [0.15, 0.2) is 0 Å². The van der Waals surface area contributed by atoms with E-state index < -0.39 is 0 Å². The highest BCUT2D eigenvalue weighted by Crippen LogP contribution is 2.21. The topological polar surface area (TPSA) is 45.0 Å². The van der Waals surface area contributed by atoms with Crippen molar-refractivity contribution in [2.45, 2.75) is 18.9 Å². The molecule has 1 fully saturated rings. The van der Waals surface area contributed by atoms with Gasteiger partial charge in [-0.05, 0) is 37.1 Å². The molecule has 1 saturated heterocycles. The average Bonchev–Trinajstić information content (AvgIpc) is 2.39. The van der Waals surface area contributed by atoms with Crippen LogP contribution in [0.3, 0.4) is 0 Å². The summed E-state index contributed by atoms with van der Waals surface area (Å²) in [4.78, 5) is 0. The Hall–Kier alpha value is -1.05. The van der Waals surface area contributed by atoms with Crippen molar-refractivity contribution in [2.24, 2.45) is 5.92 Å². The first kappa shape index (κ1) is 12.4. The van der Waals surface area contributed by atoms with Gasteiger partial charge in [0, 0.05) is 22.7 Å². The summed E-state index contributed by atoms with van der Waals surface area (Å²) in [5.74, 6) is 0.289. The third-order valence-corrected chi connectivity index (χ3v) is 3.50. The SMILES string of the molecule is N#CC(Nc1ccc(Br)cc1)C1CCCOC1. The predicted molar refractivity (Wildman–Crippen MR) is 70.7 cm³/mol. The summed E-state index contributed by atoms with van der Waals surface area (Å²) >= 11 is 3.39. The Labute approximate surface area is 110 Å². The molecule has 1 aromatic rings. The largest absolute Gasteiger partial charge is 0.381 e. The van der Waals surface area contributed by atoms with Crippen molar-refractivity contribution in [1.29, 1.82) is 5.26 Å². The van der Waals surface area contributed by atoms with Gasteiger partial charge in [0.05, 0.1) is 12.7 Å². The van der Waals surface area contributed by atoms with Crippen LogP contribution in [-0.4, -0.2) is 19.3 Å². The molecule has 2 rings (SSSR count). The Balaban J connectivity index is 1.99. The maximum Gasteiger partial charge on any atom is 0.119 e. The Morgan fingerprint density at radius 2 is 2.18 bits per heavy atom. The summed E-state index contributed by atoms with van der Waals surface area (Å²) in [6, 6.07) is 10.0. The molecule has 1 aliphatic heterocycles. The molecule has 0 aromatic heterocycles. The van der Waals surface area contributed by atoms with E-state index in [2.05, 4.69) is 27.3 Å². The maximum atomic E-state index is 9.22. The van der Waals surface area contributed by atoms with E-state index in [0.29, 0.717) is 6.61 Å². The molecule has 0 radical (unpaired) electrons. The predicted octanol–water partition coefficient (Wildman–Crippen LogP) is 3.18. The Morgan fingerprint density at radius 1 is 1.41 bits per heavy atom. The number of rotatable bonds is 3. The molecule has 90 valence electrons. The van der Waals surface area contributed by atoms with E-state index >= 15 is 0 Å². The second-order valence-corrected chi connectivity index (χ2v) is 5.15. The number of hydrogen-bond acceptors (Lipinski definition) is 3. The minimum atomic E-state index is -0.170. The molecule has 1 heterocycles. The maximum absolute atomic E-state index is 9.22. The summed E-state index contributed by atoms with van der Waals surface area (Å²) in [7, 11) is 0. The fourth-order valence-electron chi connectivity index (χ4n) is 2.01. The summed E-state index contributed by atoms with van der Waals surface area (Å²) in [6.45, 7) is 1.51. The van der Waals surface area contributed by atoms with E-state index in [1.807, 2.05) is 24.3 Å². The lowest BCUT2D eigenvalue weighted by molar-refractivity contribution is 0.0532. The van der Waals surface area contributed by atoms with Crippen molar-refractivity contribution in [1.82, 2.24) is 0 Å². The quantitative estimate of drug-likeness (QED) is 0.931. The molecule has 0 amide bonds. The van der Waals surface area contributed by atoms with Gasteiger partial charge in [0.2, 0.25) is 0 Å². The van der Waals surface area contributed by atoms with Gasteiger partial charge in [-0.25, -0.2) is 0 Å². The van der Waals surface area contributed by atoms with Crippen LogP contribution in [0.4, 0.5) is 5.69 Å². The van der Waals surface area contributed by atoms with Crippen molar-refractivity contribution in [3.05, 3.63) is 28.7 Å². The second-order valence-electron chi connectivity index (χ2n) is 4.24. The van der Waals surface area contributed by atoms with Crippen LogP contribution in [0.1, 0.15) is 12.8 Å². The smallest absolute Gasteiger partial charge is 0.119 e. The van der Waals surface area contributed by atoms with E-state index in [9.17, 15) is 5.26 Å². The highest BCUT2D eigenvalue weighted by atomic mass is 79.9. The van der Waals surface area contributed by atoms with E-state index in [4.69, 9.17) is 4.74 Å². The highest BCUT2D eigenvalue weighted by molar-refractivity contribution is 9.10.